The SMILES string of the molecule is CC(=O)OCC1O[C@@H](OCCCCC(=O)CCc2ccccc2)C(C)[C@@H](C)[C@H]1C. The Labute approximate surface area is 175 Å². The molecule has 5 nitrogen and oxygen atoms in total. The lowest BCUT2D eigenvalue weighted by molar-refractivity contribution is -0.255. The van der Waals surface area contributed by atoms with Crippen molar-refractivity contribution in [2.75, 3.05) is 13.2 Å². The third-order valence-corrected chi connectivity index (χ3v) is 6.10. The molecule has 5 heteroatoms. The average molecular weight is 405 g/mol. The fourth-order valence-electron chi connectivity index (χ4n) is 3.74. The van der Waals surface area contributed by atoms with Gasteiger partial charge in [-0.2, -0.15) is 0 Å². The van der Waals surface area contributed by atoms with Crippen LogP contribution in [0.3, 0.4) is 0 Å². The van der Waals surface area contributed by atoms with Gasteiger partial charge in [0.2, 0.25) is 0 Å². The summed E-state index contributed by atoms with van der Waals surface area (Å²) in [5.74, 6) is 0.993. The van der Waals surface area contributed by atoms with Crippen molar-refractivity contribution in [3.05, 3.63) is 35.9 Å². The minimum atomic E-state index is -0.296. The maximum Gasteiger partial charge on any atom is 0.302 e. The monoisotopic (exact) mass is 404 g/mol. The molecule has 162 valence electrons. The maximum atomic E-state index is 12.1. The van der Waals surface area contributed by atoms with Crippen LogP contribution in [0.2, 0.25) is 0 Å². The first kappa shape index (κ1) is 23.6. The second-order valence-corrected chi connectivity index (χ2v) is 8.28. The van der Waals surface area contributed by atoms with Gasteiger partial charge in [-0.15, -0.1) is 0 Å². The summed E-state index contributed by atoms with van der Waals surface area (Å²) in [6, 6.07) is 10.1. The maximum absolute atomic E-state index is 12.1. The predicted molar refractivity (Wildman–Crippen MR) is 112 cm³/mol. The third-order valence-electron chi connectivity index (χ3n) is 6.10. The van der Waals surface area contributed by atoms with Gasteiger partial charge in [0, 0.05) is 32.3 Å². The van der Waals surface area contributed by atoms with E-state index >= 15 is 0 Å². The van der Waals surface area contributed by atoms with E-state index in [1.807, 2.05) is 18.2 Å². The van der Waals surface area contributed by atoms with Gasteiger partial charge in [0.05, 0.1) is 6.10 Å². The number of ether oxygens (including phenoxy) is 3. The van der Waals surface area contributed by atoms with Crippen LogP contribution in [0.5, 0.6) is 0 Å². The second kappa shape index (κ2) is 12.1. The molecular formula is C24H36O5. The first-order chi connectivity index (χ1) is 13.9. The summed E-state index contributed by atoms with van der Waals surface area (Å²) in [5, 5.41) is 0. The smallest absolute Gasteiger partial charge is 0.302 e. The predicted octanol–water partition coefficient (Wildman–Crippen LogP) is 4.57. The first-order valence-electron chi connectivity index (χ1n) is 10.8. The van der Waals surface area contributed by atoms with Gasteiger partial charge in [-0.25, -0.2) is 0 Å². The zero-order chi connectivity index (χ0) is 21.2. The van der Waals surface area contributed by atoms with Crippen LogP contribution in [-0.4, -0.2) is 37.4 Å². The number of ketones is 1. The van der Waals surface area contributed by atoms with Crippen molar-refractivity contribution in [3.8, 4) is 0 Å². The lowest BCUT2D eigenvalue weighted by atomic mass is 9.79. The first-order valence-corrected chi connectivity index (χ1v) is 10.8. The van der Waals surface area contributed by atoms with E-state index in [0.29, 0.717) is 37.1 Å². The van der Waals surface area contributed by atoms with Crippen molar-refractivity contribution in [3.63, 3.8) is 0 Å². The van der Waals surface area contributed by atoms with E-state index in [0.717, 1.165) is 19.3 Å². The fraction of sp³-hybridized carbons (Fsp3) is 0.667. The highest BCUT2D eigenvalue weighted by molar-refractivity contribution is 5.78. The Morgan fingerprint density at radius 2 is 1.69 bits per heavy atom. The minimum absolute atomic E-state index is 0.144. The van der Waals surface area contributed by atoms with Crippen LogP contribution in [0.25, 0.3) is 0 Å². The van der Waals surface area contributed by atoms with Crippen LogP contribution in [0.4, 0.5) is 0 Å². The van der Waals surface area contributed by atoms with Crippen LogP contribution in [0, 0.1) is 17.8 Å². The molecular weight excluding hydrogens is 368 g/mol. The Morgan fingerprint density at radius 1 is 0.966 bits per heavy atom. The van der Waals surface area contributed by atoms with Gasteiger partial charge in [0.15, 0.2) is 6.29 Å². The van der Waals surface area contributed by atoms with Gasteiger partial charge in [0.25, 0.3) is 0 Å². The molecule has 1 aromatic carbocycles. The van der Waals surface area contributed by atoms with Crippen LogP contribution in [0.15, 0.2) is 30.3 Å². The summed E-state index contributed by atoms with van der Waals surface area (Å²) in [6.07, 6.45) is 3.23. The zero-order valence-corrected chi connectivity index (χ0v) is 18.3. The molecule has 0 spiro atoms. The number of carbonyl (C=O) groups is 2. The summed E-state index contributed by atoms with van der Waals surface area (Å²) < 4.78 is 17.2. The molecule has 1 aliphatic rings. The Morgan fingerprint density at radius 3 is 2.38 bits per heavy atom. The van der Waals surface area contributed by atoms with Gasteiger partial charge < -0.3 is 14.2 Å². The quantitative estimate of drug-likeness (QED) is 0.399. The highest BCUT2D eigenvalue weighted by Crippen LogP contribution is 2.35. The van der Waals surface area contributed by atoms with Crippen molar-refractivity contribution in [1.82, 2.24) is 0 Å². The highest BCUT2D eigenvalue weighted by Gasteiger charge is 2.40. The van der Waals surface area contributed by atoms with Crippen LogP contribution in [-0.2, 0) is 30.2 Å². The van der Waals surface area contributed by atoms with Crippen molar-refractivity contribution in [2.24, 2.45) is 17.8 Å². The van der Waals surface area contributed by atoms with Crippen molar-refractivity contribution >= 4 is 11.8 Å². The molecule has 0 bridgehead atoms. The van der Waals surface area contributed by atoms with Gasteiger partial charge in [-0.1, -0.05) is 51.1 Å². The van der Waals surface area contributed by atoms with Gasteiger partial charge in [-0.05, 0) is 36.7 Å². The van der Waals surface area contributed by atoms with E-state index in [2.05, 4.69) is 32.9 Å². The number of Topliss-reactive ketones (excluding diaryl/α,β-unsaturated/α-hetero) is 1. The van der Waals surface area contributed by atoms with Crippen LogP contribution in [0.1, 0.15) is 58.9 Å². The van der Waals surface area contributed by atoms with E-state index in [-0.39, 0.29) is 30.9 Å². The lowest BCUT2D eigenvalue weighted by Gasteiger charge is -2.43. The molecule has 5 atom stereocenters. The number of hydrogen-bond acceptors (Lipinski definition) is 5. The topological polar surface area (TPSA) is 61.8 Å². The van der Waals surface area contributed by atoms with E-state index in [1.54, 1.807) is 0 Å². The highest BCUT2D eigenvalue weighted by atomic mass is 16.7. The molecule has 29 heavy (non-hydrogen) atoms. The Hall–Kier alpha value is -1.72. The molecule has 0 N–H and O–H groups in total. The molecule has 1 saturated heterocycles. The molecule has 2 rings (SSSR count). The summed E-state index contributed by atoms with van der Waals surface area (Å²) in [4.78, 5) is 23.2. The molecule has 0 amide bonds. The van der Waals surface area contributed by atoms with E-state index in [1.165, 1.54) is 12.5 Å². The fourth-order valence-corrected chi connectivity index (χ4v) is 3.74. The van der Waals surface area contributed by atoms with Crippen LogP contribution < -0.4 is 0 Å². The molecule has 1 heterocycles. The minimum Gasteiger partial charge on any atom is -0.463 e. The zero-order valence-electron chi connectivity index (χ0n) is 18.3. The number of esters is 1. The Bertz CT molecular complexity index is 629. The number of aryl methyl sites for hydroxylation is 1. The number of unbranched alkanes of at least 4 members (excludes halogenated alkanes) is 1. The van der Waals surface area contributed by atoms with Crippen molar-refractivity contribution in [1.29, 1.82) is 0 Å². The normalized spacial score (nSPS) is 26.8. The largest absolute Gasteiger partial charge is 0.463 e. The standard InChI is InChI=1S/C24H36O5/c1-17-18(2)23(16-28-20(4)25)29-24(19(17)3)27-15-9-8-12-22(26)14-13-21-10-6-5-7-11-21/h5-7,10-11,17-19,23-24H,8-9,12-16H2,1-4H3/t17-,18+,19?,23?,24+/m0/s1. The van der Waals surface area contributed by atoms with E-state index in [4.69, 9.17) is 14.2 Å². The number of benzene rings is 1. The summed E-state index contributed by atoms with van der Waals surface area (Å²) in [5.41, 5.74) is 1.21. The van der Waals surface area contributed by atoms with E-state index < -0.39 is 0 Å². The number of rotatable bonds is 11. The van der Waals surface area contributed by atoms with Gasteiger partial charge in [0.1, 0.15) is 12.4 Å². The van der Waals surface area contributed by atoms with Gasteiger partial charge >= 0.3 is 5.97 Å². The third kappa shape index (κ3) is 7.90. The molecule has 1 aromatic rings. The van der Waals surface area contributed by atoms with Crippen LogP contribution >= 0.6 is 0 Å². The molecule has 1 aliphatic heterocycles. The lowest BCUT2D eigenvalue weighted by Crippen LogP contribution is -2.47. The summed E-state index contributed by atoms with van der Waals surface area (Å²) >= 11 is 0. The summed E-state index contributed by atoms with van der Waals surface area (Å²) in [7, 11) is 0. The summed E-state index contributed by atoms with van der Waals surface area (Å²) in [6.45, 7) is 8.72. The molecule has 0 aromatic heterocycles. The van der Waals surface area contributed by atoms with Crippen molar-refractivity contribution in [2.45, 2.75) is 72.2 Å². The number of hydrogen-bond donors (Lipinski definition) is 0. The molecule has 1 fully saturated rings. The average Bonchev–Trinajstić information content (AvgIpc) is 2.71. The van der Waals surface area contributed by atoms with Crippen molar-refractivity contribution < 1.29 is 23.8 Å². The molecule has 0 aliphatic carbocycles. The Kier molecular flexibility index (Phi) is 9.82. The number of carbonyl (C=O) groups excluding carboxylic acids is 2. The van der Waals surface area contributed by atoms with Gasteiger partial charge in [-0.3, -0.25) is 9.59 Å². The molecule has 0 radical (unpaired) electrons. The Balaban J connectivity index is 1.65. The molecule has 2 unspecified atom stereocenters. The second-order valence-electron chi connectivity index (χ2n) is 8.28. The molecule has 0 saturated carbocycles. The van der Waals surface area contributed by atoms with E-state index in [9.17, 15) is 9.59 Å².